The molecule has 0 aliphatic carbocycles. The SMILES string of the molecule is COc1cc2c(cc1OC)[C@H](c1ccccc1Cl)N(C(=O)CC(C)C)CC2. The van der Waals surface area contributed by atoms with Crippen LogP contribution in [0.15, 0.2) is 36.4 Å². The normalized spacial score (nSPS) is 16.2. The number of benzene rings is 2. The molecule has 4 nitrogen and oxygen atoms in total. The average molecular weight is 388 g/mol. The summed E-state index contributed by atoms with van der Waals surface area (Å²) in [7, 11) is 3.26. The number of amides is 1. The lowest BCUT2D eigenvalue weighted by molar-refractivity contribution is -0.134. The van der Waals surface area contributed by atoms with Crippen molar-refractivity contribution in [2.45, 2.75) is 32.7 Å². The van der Waals surface area contributed by atoms with Crippen LogP contribution in [0.2, 0.25) is 5.02 Å². The van der Waals surface area contributed by atoms with Crippen molar-refractivity contribution in [3.8, 4) is 11.5 Å². The van der Waals surface area contributed by atoms with Gasteiger partial charge in [0.2, 0.25) is 5.91 Å². The highest BCUT2D eigenvalue weighted by Gasteiger charge is 2.34. The van der Waals surface area contributed by atoms with Crippen LogP contribution in [0.4, 0.5) is 0 Å². The molecule has 1 amide bonds. The van der Waals surface area contributed by atoms with Gasteiger partial charge in [-0.2, -0.15) is 0 Å². The average Bonchev–Trinajstić information content (AvgIpc) is 2.65. The Morgan fingerprint density at radius 2 is 1.81 bits per heavy atom. The van der Waals surface area contributed by atoms with E-state index in [-0.39, 0.29) is 11.9 Å². The van der Waals surface area contributed by atoms with E-state index >= 15 is 0 Å². The third-order valence-corrected chi connectivity index (χ3v) is 5.32. The van der Waals surface area contributed by atoms with Crippen LogP contribution in [0, 0.1) is 5.92 Å². The lowest BCUT2D eigenvalue weighted by Gasteiger charge is -2.39. The molecule has 1 atom stereocenters. The number of methoxy groups -OCH3 is 2. The molecule has 1 aliphatic rings. The molecule has 3 rings (SSSR count). The highest BCUT2D eigenvalue weighted by molar-refractivity contribution is 6.31. The van der Waals surface area contributed by atoms with Gasteiger partial charge in [-0.05, 0) is 47.2 Å². The highest BCUT2D eigenvalue weighted by atomic mass is 35.5. The Morgan fingerprint density at radius 1 is 1.15 bits per heavy atom. The number of carbonyl (C=O) groups is 1. The van der Waals surface area contributed by atoms with Crippen molar-refractivity contribution in [2.75, 3.05) is 20.8 Å². The molecule has 0 bridgehead atoms. The quantitative estimate of drug-likeness (QED) is 0.734. The molecule has 0 N–H and O–H groups in total. The van der Waals surface area contributed by atoms with Crippen molar-refractivity contribution >= 4 is 17.5 Å². The summed E-state index contributed by atoms with van der Waals surface area (Å²) in [6, 6.07) is 11.5. The smallest absolute Gasteiger partial charge is 0.223 e. The van der Waals surface area contributed by atoms with Gasteiger partial charge < -0.3 is 14.4 Å². The summed E-state index contributed by atoms with van der Waals surface area (Å²) < 4.78 is 11.0. The minimum Gasteiger partial charge on any atom is -0.493 e. The first kappa shape index (κ1) is 19.6. The lowest BCUT2D eigenvalue weighted by atomic mass is 9.87. The van der Waals surface area contributed by atoms with Crippen LogP contribution in [0.1, 0.15) is 43.0 Å². The van der Waals surface area contributed by atoms with Crippen LogP contribution < -0.4 is 9.47 Å². The molecule has 0 spiro atoms. The Morgan fingerprint density at radius 3 is 2.44 bits per heavy atom. The molecular formula is C22H26ClNO3. The molecule has 0 radical (unpaired) electrons. The lowest BCUT2D eigenvalue weighted by Crippen LogP contribution is -2.41. The summed E-state index contributed by atoms with van der Waals surface area (Å²) in [5, 5.41) is 0.660. The molecule has 0 fully saturated rings. The number of rotatable bonds is 5. The van der Waals surface area contributed by atoms with Gasteiger partial charge in [0.1, 0.15) is 0 Å². The summed E-state index contributed by atoms with van der Waals surface area (Å²) in [5.74, 6) is 1.81. The fourth-order valence-corrected chi connectivity index (χ4v) is 3.95. The third kappa shape index (κ3) is 3.91. The molecular weight excluding hydrogens is 362 g/mol. The Balaban J connectivity index is 2.15. The molecule has 2 aromatic rings. The molecule has 27 heavy (non-hydrogen) atoms. The van der Waals surface area contributed by atoms with Crippen molar-refractivity contribution in [1.29, 1.82) is 0 Å². The summed E-state index contributed by atoms with van der Waals surface area (Å²) >= 11 is 6.54. The Labute approximate surface area is 166 Å². The minimum atomic E-state index is -0.228. The largest absolute Gasteiger partial charge is 0.493 e. The van der Waals surface area contributed by atoms with E-state index in [0.29, 0.717) is 35.4 Å². The summed E-state index contributed by atoms with van der Waals surface area (Å²) in [6.45, 7) is 4.78. The van der Waals surface area contributed by atoms with Crippen LogP contribution >= 0.6 is 11.6 Å². The zero-order valence-electron chi connectivity index (χ0n) is 16.3. The van der Waals surface area contributed by atoms with E-state index in [1.165, 1.54) is 0 Å². The van der Waals surface area contributed by atoms with E-state index in [4.69, 9.17) is 21.1 Å². The molecule has 0 unspecified atom stereocenters. The second-order valence-electron chi connectivity index (χ2n) is 7.27. The first-order chi connectivity index (χ1) is 13.0. The fraction of sp³-hybridized carbons (Fsp3) is 0.409. The van der Waals surface area contributed by atoms with Gasteiger partial charge in [0.15, 0.2) is 11.5 Å². The third-order valence-electron chi connectivity index (χ3n) is 4.98. The number of hydrogen-bond donors (Lipinski definition) is 0. The predicted octanol–water partition coefficient (Wildman–Crippen LogP) is 4.88. The van der Waals surface area contributed by atoms with Gasteiger partial charge in [-0.1, -0.05) is 43.6 Å². The molecule has 0 aromatic heterocycles. The van der Waals surface area contributed by atoms with Crippen LogP contribution in [0.3, 0.4) is 0 Å². The Hall–Kier alpha value is -2.20. The van der Waals surface area contributed by atoms with Crippen LogP contribution in [-0.2, 0) is 11.2 Å². The van der Waals surface area contributed by atoms with Crippen molar-refractivity contribution < 1.29 is 14.3 Å². The van der Waals surface area contributed by atoms with E-state index < -0.39 is 0 Å². The molecule has 1 aliphatic heterocycles. The van der Waals surface area contributed by atoms with Crippen LogP contribution in [0.25, 0.3) is 0 Å². The maximum absolute atomic E-state index is 13.0. The summed E-state index contributed by atoms with van der Waals surface area (Å²) in [6.07, 6.45) is 1.30. The number of hydrogen-bond acceptors (Lipinski definition) is 3. The van der Waals surface area contributed by atoms with Gasteiger partial charge >= 0.3 is 0 Å². The Bertz CT molecular complexity index is 834. The van der Waals surface area contributed by atoms with Gasteiger partial charge in [0.05, 0.1) is 20.3 Å². The molecule has 2 aromatic carbocycles. The number of halogens is 1. The Kier molecular flexibility index (Phi) is 5.95. The number of ether oxygens (including phenoxy) is 2. The maximum atomic E-state index is 13.0. The van der Waals surface area contributed by atoms with Crippen molar-refractivity contribution in [3.05, 3.63) is 58.1 Å². The van der Waals surface area contributed by atoms with E-state index in [2.05, 4.69) is 13.8 Å². The van der Waals surface area contributed by atoms with E-state index in [9.17, 15) is 4.79 Å². The number of carbonyl (C=O) groups excluding carboxylic acids is 1. The topological polar surface area (TPSA) is 38.8 Å². The first-order valence-corrected chi connectivity index (χ1v) is 9.62. The molecule has 1 heterocycles. The number of fused-ring (bicyclic) bond motifs is 1. The molecule has 5 heteroatoms. The van der Waals surface area contributed by atoms with E-state index in [0.717, 1.165) is 23.1 Å². The minimum absolute atomic E-state index is 0.148. The zero-order valence-corrected chi connectivity index (χ0v) is 17.0. The van der Waals surface area contributed by atoms with Crippen LogP contribution in [-0.4, -0.2) is 31.6 Å². The van der Waals surface area contributed by atoms with Crippen molar-refractivity contribution in [2.24, 2.45) is 5.92 Å². The summed E-state index contributed by atoms with van der Waals surface area (Å²) in [4.78, 5) is 15.0. The van der Waals surface area contributed by atoms with Crippen molar-refractivity contribution in [3.63, 3.8) is 0 Å². The van der Waals surface area contributed by atoms with Gasteiger partial charge in [0.25, 0.3) is 0 Å². The second-order valence-corrected chi connectivity index (χ2v) is 7.67. The van der Waals surface area contributed by atoms with E-state index in [1.807, 2.05) is 41.3 Å². The van der Waals surface area contributed by atoms with Crippen LogP contribution in [0.5, 0.6) is 11.5 Å². The fourth-order valence-electron chi connectivity index (χ4n) is 3.71. The number of nitrogens with zero attached hydrogens (tertiary/aromatic N) is 1. The van der Waals surface area contributed by atoms with Gasteiger partial charge in [0, 0.05) is 18.0 Å². The monoisotopic (exact) mass is 387 g/mol. The zero-order chi connectivity index (χ0) is 19.6. The predicted molar refractivity (Wildman–Crippen MR) is 108 cm³/mol. The molecule has 0 saturated heterocycles. The summed E-state index contributed by atoms with van der Waals surface area (Å²) in [5.41, 5.74) is 3.14. The van der Waals surface area contributed by atoms with Gasteiger partial charge in [-0.3, -0.25) is 4.79 Å². The van der Waals surface area contributed by atoms with E-state index in [1.54, 1.807) is 14.2 Å². The standard InChI is InChI=1S/C22H26ClNO3/c1-14(2)11-21(25)24-10-9-15-12-19(26-3)20(27-4)13-17(15)22(24)16-7-5-6-8-18(16)23/h5-8,12-14,22H,9-11H2,1-4H3/t22-/m0/s1. The molecule has 144 valence electrons. The van der Waals surface area contributed by atoms with Gasteiger partial charge in [-0.25, -0.2) is 0 Å². The molecule has 0 saturated carbocycles. The van der Waals surface area contributed by atoms with Crippen molar-refractivity contribution in [1.82, 2.24) is 4.90 Å². The second kappa shape index (κ2) is 8.22. The maximum Gasteiger partial charge on any atom is 0.223 e. The van der Waals surface area contributed by atoms with Gasteiger partial charge in [-0.15, -0.1) is 0 Å². The highest BCUT2D eigenvalue weighted by Crippen LogP contribution is 2.43. The first-order valence-electron chi connectivity index (χ1n) is 9.25.